The van der Waals surface area contributed by atoms with Crippen molar-refractivity contribution in [3.63, 3.8) is 0 Å². The van der Waals surface area contributed by atoms with Gasteiger partial charge in [0, 0.05) is 31.1 Å². The number of carbonyl (C=O) groups is 1. The minimum Gasteiger partial charge on any atom is -0.465 e. The summed E-state index contributed by atoms with van der Waals surface area (Å²) in [6, 6.07) is 6.21. The number of hydrogen-bond donors (Lipinski definition) is 2. The molecule has 3 heterocycles. The van der Waals surface area contributed by atoms with E-state index in [1.807, 2.05) is 6.92 Å². The molecule has 2 N–H and O–H groups in total. The number of aliphatic imine (C=N–C) groups is 1. The molecule has 30 heavy (non-hydrogen) atoms. The number of carbonyl (C=O) groups excluding carboxylic acids is 1. The fourth-order valence-corrected chi connectivity index (χ4v) is 4.27. The van der Waals surface area contributed by atoms with Crippen molar-refractivity contribution in [2.75, 3.05) is 46.5 Å². The first kappa shape index (κ1) is 22.3. The van der Waals surface area contributed by atoms with Gasteiger partial charge in [-0.25, -0.2) is 9.79 Å². The molecule has 2 aromatic heterocycles. The number of thiophene rings is 1. The zero-order valence-corrected chi connectivity index (χ0v) is 18.6. The fraction of sp³-hybridized carbons (Fsp3) is 0.524. The van der Waals surface area contributed by atoms with Crippen LogP contribution in [0.1, 0.15) is 39.7 Å². The second kappa shape index (κ2) is 11.1. The number of furan rings is 1. The Morgan fingerprint density at radius 3 is 2.83 bits per heavy atom. The Balaban J connectivity index is 1.67. The molecule has 8 nitrogen and oxygen atoms in total. The quantitative estimate of drug-likeness (QED) is 0.375. The Hall–Kier alpha value is -2.36. The number of nitrogens with one attached hydrogen (secondary N) is 2. The van der Waals surface area contributed by atoms with Gasteiger partial charge in [0.05, 0.1) is 26.4 Å². The number of hydrogen-bond acceptors (Lipinski definition) is 7. The van der Waals surface area contributed by atoms with Gasteiger partial charge in [-0.05, 0) is 31.4 Å². The standard InChI is InChI=1S/C21H30N4O4S/c1-4-22-21(23-13-16-12-17(15(2)29-16)20(26)27-3)24-14-18(19-6-5-11-30-19)25-7-9-28-10-8-25/h5-6,11-12,18H,4,7-10,13-14H2,1-3H3,(H2,22,23,24). The number of guanidine groups is 1. The predicted octanol–water partition coefficient (Wildman–Crippen LogP) is 2.56. The zero-order valence-electron chi connectivity index (χ0n) is 17.8. The molecule has 0 spiro atoms. The van der Waals surface area contributed by atoms with Crippen LogP contribution in [-0.2, 0) is 16.0 Å². The highest BCUT2D eigenvalue weighted by molar-refractivity contribution is 7.10. The lowest BCUT2D eigenvalue weighted by molar-refractivity contribution is 0.0177. The van der Waals surface area contributed by atoms with E-state index in [0.29, 0.717) is 29.6 Å². The maximum absolute atomic E-state index is 11.8. The van der Waals surface area contributed by atoms with Gasteiger partial charge in [0.1, 0.15) is 23.6 Å². The van der Waals surface area contributed by atoms with Gasteiger partial charge < -0.3 is 24.5 Å². The van der Waals surface area contributed by atoms with Gasteiger partial charge in [0.25, 0.3) is 0 Å². The third kappa shape index (κ3) is 5.84. The lowest BCUT2D eigenvalue weighted by atomic mass is 10.2. The van der Waals surface area contributed by atoms with Crippen molar-refractivity contribution in [2.45, 2.75) is 26.4 Å². The number of methoxy groups -OCH3 is 1. The summed E-state index contributed by atoms with van der Waals surface area (Å²) < 4.78 is 16.0. The van der Waals surface area contributed by atoms with E-state index >= 15 is 0 Å². The minimum atomic E-state index is -0.402. The van der Waals surface area contributed by atoms with Crippen LogP contribution >= 0.6 is 11.3 Å². The van der Waals surface area contributed by atoms with Crippen molar-refractivity contribution >= 4 is 23.3 Å². The highest BCUT2D eigenvalue weighted by atomic mass is 32.1. The van der Waals surface area contributed by atoms with E-state index in [-0.39, 0.29) is 6.04 Å². The Bertz CT molecular complexity index is 828. The van der Waals surface area contributed by atoms with Crippen LogP contribution < -0.4 is 10.6 Å². The number of esters is 1. The molecule has 0 aromatic carbocycles. The molecular formula is C21H30N4O4S. The molecule has 0 amide bonds. The van der Waals surface area contributed by atoms with Crippen molar-refractivity contribution in [3.05, 3.63) is 45.5 Å². The maximum atomic E-state index is 11.8. The van der Waals surface area contributed by atoms with Gasteiger partial charge in [-0.1, -0.05) is 6.07 Å². The van der Waals surface area contributed by atoms with Gasteiger partial charge in [0.15, 0.2) is 5.96 Å². The summed E-state index contributed by atoms with van der Waals surface area (Å²) >= 11 is 1.77. The van der Waals surface area contributed by atoms with E-state index in [1.165, 1.54) is 12.0 Å². The monoisotopic (exact) mass is 434 g/mol. The van der Waals surface area contributed by atoms with E-state index < -0.39 is 5.97 Å². The van der Waals surface area contributed by atoms with Crippen LogP contribution in [0, 0.1) is 6.92 Å². The molecule has 1 aliphatic rings. The molecule has 164 valence electrons. The van der Waals surface area contributed by atoms with Crippen LogP contribution in [0.25, 0.3) is 0 Å². The van der Waals surface area contributed by atoms with Crippen LogP contribution in [0.3, 0.4) is 0 Å². The molecule has 2 aromatic rings. The molecule has 0 saturated carbocycles. The molecule has 1 unspecified atom stereocenters. The molecule has 1 aliphatic heterocycles. The number of rotatable bonds is 8. The second-order valence-corrected chi connectivity index (χ2v) is 7.91. The van der Waals surface area contributed by atoms with Gasteiger partial charge in [0.2, 0.25) is 0 Å². The molecule has 3 rings (SSSR count). The van der Waals surface area contributed by atoms with E-state index in [2.05, 4.69) is 38.0 Å². The highest BCUT2D eigenvalue weighted by Gasteiger charge is 2.23. The third-order valence-corrected chi connectivity index (χ3v) is 5.91. The predicted molar refractivity (Wildman–Crippen MR) is 117 cm³/mol. The van der Waals surface area contributed by atoms with E-state index in [1.54, 1.807) is 24.3 Å². The molecule has 9 heteroatoms. The first-order valence-electron chi connectivity index (χ1n) is 10.2. The summed E-state index contributed by atoms with van der Waals surface area (Å²) in [6.45, 7) is 8.94. The lowest BCUT2D eigenvalue weighted by Crippen LogP contribution is -2.46. The average Bonchev–Trinajstić information content (AvgIpc) is 3.42. The molecular weight excluding hydrogens is 404 g/mol. The van der Waals surface area contributed by atoms with Crippen molar-refractivity contribution < 1.29 is 18.7 Å². The number of morpholine rings is 1. The van der Waals surface area contributed by atoms with Gasteiger partial charge in [-0.15, -0.1) is 11.3 Å². The van der Waals surface area contributed by atoms with Gasteiger partial charge in [-0.2, -0.15) is 0 Å². The smallest absolute Gasteiger partial charge is 0.341 e. The Morgan fingerprint density at radius 2 is 2.17 bits per heavy atom. The second-order valence-electron chi connectivity index (χ2n) is 6.93. The van der Waals surface area contributed by atoms with E-state index in [0.717, 1.165) is 39.4 Å². The normalized spacial score (nSPS) is 16.3. The number of ether oxygens (including phenoxy) is 2. The molecule has 1 fully saturated rings. The first-order valence-corrected chi connectivity index (χ1v) is 11.0. The van der Waals surface area contributed by atoms with Gasteiger partial charge >= 0.3 is 5.97 Å². The molecule has 1 saturated heterocycles. The average molecular weight is 435 g/mol. The summed E-state index contributed by atoms with van der Waals surface area (Å²) in [7, 11) is 1.36. The summed E-state index contributed by atoms with van der Waals surface area (Å²) in [6.07, 6.45) is 0. The molecule has 0 aliphatic carbocycles. The molecule has 0 radical (unpaired) electrons. The SMILES string of the molecule is CCNC(=NCc1cc(C(=O)OC)c(C)o1)NCC(c1cccs1)N1CCOCC1. The van der Waals surface area contributed by atoms with Crippen molar-refractivity contribution in [2.24, 2.45) is 4.99 Å². The molecule has 1 atom stereocenters. The van der Waals surface area contributed by atoms with Crippen molar-refractivity contribution in [1.29, 1.82) is 0 Å². The van der Waals surface area contributed by atoms with Crippen LogP contribution in [0.15, 0.2) is 33.0 Å². The first-order chi connectivity index (χ1) is 14.6. The third-order valence-electron chi connectivity index (χ3n) is 4.93. The number of nitrogens with zero attached hydrogens (tertiary/aromatic N) is 2. The van der Waals surface area contributed by atoms with Crippen LogP contribution in [0.2, 0.25) is 0 Å². The summed E-state index contributed by atoms with van der Waals surface area (Å²) in [5, 5.41) is 8.85. The molecule has 0 bridgehead atoms. The summed E-state index contributed by atoms with van der Waals surface area (Å²) in [5.41, 5.74) is 0.436. The van der Waals surface area contributed by atoms with Crippen LogP contribution in [-0.4, -0.2) is 63.3 Å². The maximum Gasteiger partial charge on any atom is 0.341 e. The Kier molecular flexibility index (Phi) is 8.30. The lowest BCUT2D eigenvalue weighted by Gasteiger charge is -2.34. The van der Waals surface area contributed by atoms with Gasteiger partial charge in [-0.3, -0.25) is 4.90 Å². The topological polar surface area (TPSA) is 88.3 Å². The summed E-state index contributed by atoms with van der Waals surface area (Å²) in [4.78, 5) is 20.2. The highest BCUT2D eigenvalue weighted by Crippen LogP contribution is 2.25. The summed E-state index contributed by atoms with van der Waals surface area (Å²) in [5.74, 6) is 1.46. The Labute approximate surface area is 181 Å². The number of aryl methyl sites for hydroxylation is 1. The minimum absolute atomic E-state index is 0.259. The zero-order chi connectivity index (χ0) is 21.3. The van der Waals surface area contributed by atoms with Crippen LogP contribution in [0.4, 0.5) is 0 Å². The van der Waals surface area contributed by atoms with E-state index in [9.17, 15) is 4.79 Å². The fourth-order valence-electron chi connectivity index (χ4n) is 3.41. The van der Waals surface area contributed by atoms with Crippen molar-refractivity contribution in [3.8, 4) is 0 Å². The Morgan fingerprint density at radius 1 is 1.37 bits per heavy atom. The van der Waals surface area contributed by atoms with Crippen LogP contribution in [0.5, 0.6) is 0 Å². The van der Waals surface area contributed by atoms with E-state index in [4.69, 9.17) is 13.9 Å². The largest absolute Gasteiger partial charge is 0.465 e. The van der Waals surface area contributed by atoms with Crippen molar-refractivity contribution in [1.82, 2.24) is 15.5 Å².